The van der Waals surface area contributed by atoms with E-state index in [1.807, 2.05) is 65.3 Å². The Kier molecular flexibility index (Phi) is 4.61. The Bertz CT molecular complexity index is 1060. The van der Waals surface area contributed by atoms with Crippen molar-refractivity contribution in [2.75, 3.05) is 19.5 Å². The number of anilines is 1. The molecular formula is C21H20N4O2. The predicted octanol–water partition coefficient (Wildman–Crippen LogP) is 4.03. The zero-order valence-corrected chi connectivity index (χ0v) is 15.2. The smallest absolute Gasteiger partial charge is 0.165 e. The molecule has 0 spiro atoms. The largest absolute Gasteiger partial charge is 0.497 e. The van der Waals surface area contributed by atoms with Gasteiger partial charge in [0.15, 0.2) is 5.65 Å². The highest BCUT2D eigenvalue weighted by atomic mass is 16.5. The summed E-state index contributed by atoms with van der Waals surface area (Å²) in [5.74, 6) is 2.52. The van der Waals surface area contributed by atoms with Crippen molar-refractivity contribution in [1.82, 2.24) is 14.6 Å². The second kappa shape index (κ2) is 7.37. The van der Waals surface area contributed by atoms with Crippen molar-refractivity contribution in [3.8, 4) is 22.6 Å². The van der Waals surface area contributed by atoms with Gasteiger partial charge in [-0.05, 0) is 29.8 Å². The summed E-state index contributed by atoms with van der Waals surface area (Å²) in [7, 11) is 3.33. The minimum atomic E-state index is 0.674. The fraction of sp³-hybridized carbons (Fsp3) is 0.143. The maximum Gasteiger partial charge on any atom is 0.165 e. The number of hydrogen-bond acceptors (Lipinski definition) is 5. The second-order valence-corrected chi connectivity index (χ2v) is 6.03. The van der Waals surface area contributed by atoms with Crippen LogP contribution >= 0.6 is 0 Å². The molecule has 0 saturated carbocycles. The molecule has 0 aliphatic heterocycles. The first-order valence-corrected chi connectivity index (χ1v) is 8.63. The molecule has 2 heterocycles. The SMILES string of the molecule is COc1ccc(CNc2ccnc3c(-c4ccccc4OC)cnn23)cc1. The van der Waals surface area contributed by atoms with Crippen LogP contribution in [0.1, 0.15) is 5.56 Å². The molecule has 0 bridgehead atoms. The normalized spacial score (nSPS) is 10.7. The third kappa shape index (κ3) is 3.29. The van der Waals surface area contributed by atoms with E-state index in [4.69, 9.17) is 9.47 Å². The van der Waals surface area contributed by atoms with Crippen LogP contribution in [0.3, 0.4) is 0 Å². The molecule has 0 aliphatic rings. The maximum atomic E-state index is 5.48. The van der Waals surface area contributed by atoms with Crippen LogP contribution in [0, 0.1) is 0 Å². The number of benzene rings is 2. The van der Waals surface area contributed by atoms with Crippen LogP contribution in [0.25, 0.3) is 16.8 Å². The number of para-hydroxylation sites is 1. The molecule has 0 unspecified atom stereocenters. The molecule has 4 rings (SSSR count). The zero-order valence-electron chi connectivity index (χ0n) is 15.2. The first-order valence-electron chi connectivity index (χ1n) is 8.63. The van der Waals surface area contributed by atoms with Crippen LogP contribution in [0.2, 0.25) is 0 Å². The van der Waals surface area contributed by atoms with E-state index in [1.165, 1.54) is 0 Å². The van der Waals surface area contributed by atoms with Crippen molar-refractivity contribution in [2.24, 2.45) is 0 Å². The highest BCUT2D eigenvalue weighted by molar-refractivity contribution is 5.81. The lowest BCUT2D eigenvalue weighted by Crippen LogP contribution is -2.05. The van der Waals surface area contributed by atoms with Gasteiger partial charge in [-0.25, -0.2) is 4.98 Å². The van der Waals surface area contributed by atoms with Gasteiger partial charge in [-0.15, -0.1) is 0 Å². The van der Waals surface area contributed by atoms with Crippen LogP contribution in [0.4, 0.5) is 5.82 Å². The molecule has 2 aromatic heterocycles. The second-order valence-electron chi connectivity index (χ2n) is 6.03. The number of ether oxygens (including phenoxy) is 2. The summed E-state index contributed by atoms with van der Waals surface area (Å²) in [6.45, 7) is 0.674. The summed E-state index contributed by atoms with van der Waals surface area (Å²) < 4.78 is 12.5. The fourth-order valence-electron chi connectivity index (χ4n) is 3.02. The molecule has 6 heteroatoms. The molecule has 0 radical (unpaired) electrons. The molecule has 0 atom stereocenters. The fourth-order valence-corrected chi connectivity index (χ4v) is 3.02. The van der Waals surface area contributed by atoms with Crippen LogP contribution in [-0.2, 0) is 6.54 Å². The van der Waals surface area contributed by atoms with E-state index in [0.29, 0.717) is 6.54 Å². The minimum absolute atomic E-state index is 0.674. The lowest BCUT2D eigenvalue weighted by atomic mass is 10.1. The lowest BCUT2D eigenvalue weighted by molar-refractivity contribution is 0.414. The first-order chi connectivity index (χ1) is 13.3. The highest BCUT2D eigenvalue weighted by Gasteiger charge is 2.13. The third-order valence-electron chi connectivity index (χ3n) is 4.43. The number of fused-ring (bicyclic) bond motifs is 1. The summed E-state index contributed by atoms with van der Waals surface area (Å²) in [6.07, 6.45) is 3.60. The van der Waals surface area contributed by atoms with Crippen LogP contribution in [0.15, 0.2) is 67.0 Å². The number of hydrogen-bond donors (Lipinski definition) is 1. The third-order valence-corrected chi connectivity index (χ3v) is 4.43. The molecule has 136 valence electrons. The Morgan fingerprint density at radius 1 is 0.926 bits per heavy atom. The Hall–Kier alpha value is -3.54. The topological polar surface area (TPSA) is 60.7 Å². The van der Waals surface area contributed by atoms with Gasteiger partial charge in [-0.1, -0.05) is 30.3 Å². The van der Waals surface area contributed by atoms with Crippen molar-refractivity contribution >= 4 is 11.5 Å². The van der Waals surface area contributed by atoms with Gasteiger partial charge in [0, 0.05) is 18.3 Å². The molecule has 0 aliphatic carbocycles. The van der Waals surface area contributed by atoms with Gasteiger partial charge in [-0.3, -0.25) is 0 Å². The van der Waals surface area contributed by atoms with Gasteiger partial charge in [0.25, 0.3) is 0 Å². The van der Waals surface area contributed by atoms with E-state index in [-0.39, 0.29) is 0 Å². The molecular weight excluding hydrogens is 340 g/mol. The summed E-state index contributed by atoms with van der Waals surface area (Å²) in [4.78, 5) is 4.52. The lowest BCUT2D eigenvalue weighted by Gasteiger charge is -2.10. The summed E-state index contributed by atoms with van der Waals surface area (Å²) in [5.41, 5.74) is 3.83. The standard InChI is InChI=1S/C21H20N4O2/c1-26-16-9-7-15(8-10-16)13-23-20-11-12-22-21-18(14-24-25(20)21)17-5-3-4-6-19(17)27-2/h3-12,14,23H,13H2,1-2H3. The molecule has 2 aromatic carbocycles. The van der Waals surface area contributed by atoms with Gasteiger partial charge >= 0.3 is 0 Å². The summed E-state index contributed by atoms with van der Waals surface area (Å²) in [5, 5.41) is 7.95. The monoisotopic (exact) mass is 360 g/mol. The molecule has 27 heavy (non-hydrogen) atoms. The average molecular weight is 360 g/mol. The van der Waals surface area contributed by atoms with Gasteiger partial charge in [0.05, 0.1) is 26.0 Å². The van der Waals surface area contributed by atoms with Gasteiger partial charge < -0.3 is 14.8 Å². The predicted molar refractivity (Wildman–Crippen MR) is 105 cm³/mol. The number of rotatable bonds is 6. The van der Waals surface area contributed by atoms with Crippen molar-refractivity contribution in [2.45, 2.75) is 6.54 Å². The van der Waals surface area contributed by atoms with Crippen molar-refractivity contribution in [3.05, 3.63) is 72.6 Å². The van der Waals surface area contributed by atoms with E-state index in [0.717, 1.165) is 39.7 Å². The number of nitrogens with zero attached hydrogens (tertiary/aromatic N) is 3. The quantitative estimate of drug-likeness (QED) is 0.563. The Labute approximate surface area is 157 Å². The van der Waals surface area contributed by atoms with E-state index < -0.39 is 0 Å². The number of aromatic nitrogens is 3. The van der Waals surface area contributed by atoms with E-state index in [2.05, 4.69) is 15.4 Å². The zero-order chi connectivity index (χ0) is 18.6. The van der Waals surface area contributed by atoms with Crippen molar-refractivity contribution in [1.29, 1.82) is 0 Å². The maximum absolute atomic E-state index is 5.48. The molecule has 6 nitrogen and oxygen atoms in total. The van der Waals surface area contributed by atoms with Crippen LogP contribution in [-0.4, -0.2) is 28.8 Å². The minimum Gasteiger partial charge on any atom is -0.497 e. The Morgan fingerprint density at radius 3 is 2.52 bits per heavy atom. The van der Waals surface area contributed by atoms with E-state index in [9.17, 15) is 0 Å². The molecule has 0 saturated heterocycles. The molecule has 0 fully saturated rings. The molecule has 0 amide bonds. The first kappa shape index (κ1) is 16.9. The van der Waals surface area contributed by atoms with Gasteiger partial charge in [0.1, 0.15) is 17.3 Å². The number of methoxy groups -OCH3 is 2. The molecule has 4 aromatic rings. The van der Waals surface area contributed by atoms with Crippen molar-refractivity contribution in [3.63, 3.8) is 0 Å². The summed E-state index contributed by atoms with van der Waals surface area (Å²) in [6, 6.07) is 17.8. The average Bonchev–Trinajstić information content (AvgIpc) is 3.17. The van der Waals surface area contributed by atoms with Crippen molar-refractivity contribution < 1.29 is 9.47 Å². The Morgan fingerprint density at radius 2 is 1.74 bits per heavy atom. The van der Waals surface area contributed by atoms with Gasteiger partial charge in [0.2, 0.25) is 0 Å². The highest BCUT2D eigenvalue weighted by Crippen LogP contribution is 2.32. The number of nitrogens with one attached hydrogen (secondary N) is 1. The van der Waals surface area contributed by atoms with E-state index >= 15 is 0 Å². The summed E-state index contributed by atoms with van der Waals surface area (Å²) >= 11 is 0. The molecule has 1 N–H and O–H groups in total. The Balaban J connectivity index is 1.64. The van der Waals surface area contributed by atoms with E-state index in [1.54, 1.807) is 20.4 Å². The van der Waals surface area contributed by atoms with Gasteiger partial charge in [-0.2, -0.15) is 9.61 Å². The van der Waals surface area contributed by atoms with Crippen LogP contribution < -0.4 is 14.8 Å². The van der Waals surface area contributed by atoms with Crippen LogP contribution in [0.5, 0.6) is 11.5 Å².